The summed E-state index contributed by atoms with van der Waals surface area (Å²) in [6.45, 7) is 3.50. The van der Waals surface area contributed by atoms with Crippen LogP contribution < -0.4 is 10.6 Å². The Kier molecular flexibility index (Phi) is 5.58. The number of hydrogen-bond donors (Lipinski definition) is 3. The van der Waals surface area contributed by atoms with Gasteiger partial charge in [-0.2, -0.15) is 5.10 Å². The number of aromatic nitrogens is 2. The molecule has 0 saturated heterocycles. The maximum absolute atomic E-state index is 12.4. The van der Waals surface area contributed by atoms with Gasteiger partial charge in [-0.3, -0.25) is 14.9 Å². The van der Waals surface area contributed by atoms with E-state index < -0.39 is 11.0 Å². The molecule has 2 rings (SSSR count). The molecule has 0 bridgehead atoms. The van der Waals surface area contributed by atoms with Crippen LogP contribution >= 0.6 is 0 Å². The van der Waals surface area contributed by atoms with Gasteiger partial charge in [0.1, 0.15) is 17.5 Å². The highest BCUT2D eigenvalue weighted by Gasteiger charge is 2.27. The number of benzene rings is 1. The van der Waals surface area contributed by atoms with E-state index in [4.69, 9.17) is 0 Å². The standard InChI is InChI=1S/C16H21N5O4/c1-4-12(16(23)17-9-11-7-5-6-8-13(11)22)18-15-14(21(24)25)10(2)19-20(15)3/h5-8,12,18,22H,4,9H2,1-3H3,(H,17,23)/t12-/m0/s1. The van der Waals surface area contributed by atoms with Crippen molar-refractivity contribution in [1.29, 1.82) is 0 Å². The second-order valence-electron chi connectivity index (χ2n) is 5.62. The lowest BCUT2D eigenvalue weighted by Gasteiger charge is -2.17. The van der Waals surface area contributed by atoms with E-state index in [9.17, 15) is 20.0 Å². The molecule has 1 heterocycles. The van der Waals surface area contributed by atoms with Gasteiger partial charge in [-0.15, -0.1) is 0 Å². The number of hydrogen-bond acceptors (Lipinski definition) is 6. The molecule has 0 unspecified atom stereocenters. The minimum absolute atomic E-state index is 0.0988. The smallest absolute Gasteiger partial charge is 0.333 e. The zero-order chi connectivity index (χ0) is 18.6. The quantitative estimate of drug-likeness (QED) is 0.519. The van der Waals surface area contributed by atoms with Crippen LogP contribution in [-0.2, 0) is 18.4 Å². The highest BCUT2D eigenvalue weighted by atomic mass is 16.6. The van der Waals surface area contributed by atoms with Crippen molar-refractivity contribution in [2.24, 2.45) is 7.05 Å². The summed E-state index contributed by atoms with van der Waals surface area (Å²) in [5.41, 5.74) is 0.724. The lowest BCUT2D eigenvalue weighted by molar-refractivity contribution is -0.384. The van der Waals surface area contributed by atoms with Crippen LogP contribution in [0, 0.1) is 17.0 Å². The van der Waals surface area contributed by atoms with Crippen LogP contribution in [0.15, 0.2) is 24.3 Å². The zero-order valence-electron chi connectivity index (χ0n) is 14.3. The molecule has 1 aromatic carbocycles. The summed E-state index contributed by atoms with van der Waals surface area (Å²) in [5.74, 6) is -0.0346. The summed E-state index contributed by atoms with van der Waals surface area (Å²) in [5, 5.41) is 30.6. The molecule has 2 aromatic rings. The zero-order valence-corrected chi connectivity index (χ0v) is 14.3. The number of nitrogens with one attached hydrogen (secondary N) is 2. The van der Waals surface area contributed by atoms with Crippen molar-refractivity contribution in [3.63, 3.8) is 0 Å². The Labute approximate surface area is 144 Å². The van der Waals surface area contributed by atoms with Crippen molar-refractivity contribution in [3.8, 4) is 5.75 Å². The number of phenolic OH excluding ortho intramolecular Hbond substituents is 1. The summed E-state index contributed by atoms with van der Waals surface area (Å²) in [4.78, 5) is 23.1. The van der Waals surface area contributed by atoms with Crippen LogP contribution in [0.4, 0.5) is 11.5 Å². The van der Waals surface area contributed by atoms with Gasteiger partial charge in [0.2, 0.25) is 11.7 Å². The first-order valence-corrected chi connectivity index (χ1v) is 7.84. The topological polar surface area (TPSA) is 122 Å². The Balaban J connectivity index is 2.11. The summed E-state index contributed by atoms with van der Waals surface area (Å²) in [7, 11) is 1.58. The highest BCUT2D eigenvalue weighted by molar-refractivity contribution is 5.85. The van der Waals surface area contributed by atoms with Gasteiger partial charge < -0.3 is 15.7 Å². The number of nitro groups is 1. The summed E-state index contributed by atoms with van der Waals surface area (Å²) < 4.78 is 1.35. The third-order valence-electron chi connectivity index (χ3n) is 3.85. The molecule has 1 atom stereocenters. The van der Waals surface area contributed by atoms with Crippen molar-refractivity contribution in [2.75, 3.05) is 5.32 Å². The van der Waals surface area contributed by atoms with Crippen molar-refractivity contribution >= 4 is 17.4 Å². The Hall–Kier alpha value is -3.10. The minimum Gasteiger partial charge on any atom is -0.508 e. The molecular formula is C16H21N5O4. The second kappa shape index (κ2) is 7.65. The number of nitrogens with zero attached hydrogens (tertiary/aromatic N) is 3. The Morgan fingerprint density at radius 2 is 2.12 bits per heavy atom. The van der Waals surface area contributed by atoms with E-state index in [1.54, 1.807) is 45.2 Å². The molecule has 0 fully saturated rings. The first-order chi connectivity index (χ1) is 11.8. The van der Waals surface area contributed by atoms with Crippen molar-refractivity contribution < 1.29 is 14.8 Å². The van der Waals surface area contributed by atoms with Crippen LogP contribution in [0.2, 0.25) is 0 Å². The van der Waals surface area contributed by atoms with Gasteiger partial charge in [-0.1, -0.05) is 25.1 Å². The van der Waals surface area contributed by atoms with E-state index in [1.165, 1.54) is 4.68 Å². The van der Waals surface area contributed by atoms with Crippen molar-refractivity contribution in [1.82, 2.24) is 15.1 Å². The van der Waals surface area contributed by atoms with Gasteiger partial charge in [-0.25, -0.2) is 4.68 Å². The number of rotatable bonds is 7. The number of aryl methyl sites for hydroxylation is 2. The molecule has 0 aliphatic rings. The van der Waals surface area contributed by atoms with Gasteiger partial charge in [0, 0.05) is 19.2 Å². The molecule has 0 aliphatic carbocycles. The minimum atomic E-state index is -0.667. The molecule has 0 saturated carbocycles. The average Bonchev–Trinajstić information content (AvgIpc) is 2.85. The molecule has 1 aromatic heterocycles. The molecule has 0 radical (unpaired) electrons. The third-order valence-corrected chi connectivity index (χ3v) is 3.85. The van der Waals surface area contributed by atoms with E-state index in [-0.39, 0.29) is 35.4 Å². The van der Waals surface area contributed by atoms with Crippen molar-refractivity contribution in [3.05, 3.63) is 45.6 Å². The number of anilines is 1. The molecule has 1 amide bonds. The predicted octanol–water partition coefficient (Wildman–Crippen LogP) is 1.85. The van der Waals surface area contributed by atoms with E-state index in [1.807, 2.05) is 0 Å². The molecule has 9 nitrogen and oxygen atoms in total. The molecule has 3 N–H and O–H groups in total. The Bertz CT molecular complexity index is 787. The fourth-order valence-electron chi connectivity index (χ4n) is 2.51. The monoisotopic (exact) mass is 347 g/mol. The van der Waals surface area contributed by atoms with Crippen molar-refractivity contribution in [2.45, 2.75) is 32.9 Å². The molecule has 0 aliphatic heterocycles. The van der Waals surface area contributed by atoms with Crippen LogP contribution in [-0.4, -0.2) is 31.8 Å². The number of aromatic hydroxyl groups is 1. The van der Waals surface area contributed by atoms with Crippen LogP contribution in [0.3, 0.4) is 0 Å². The number of carbonyl (C=O) groups is 1. The first kappa shape index (κ1) is 18.2. The number of para-hydroxylation sites is 1. The maximum Gasteiger partial charge on any atom is 0.333 e. The summed E-state index contributed by atoms with van der Waals surface area (Å²) >= 11 is 0. The van der Waals surface area contributed by atoms with Crippen LogP contribution in [0.5, 0.6) is 5.75 Å². The van der Waals surface area contributed by atoms with E-state index >= 15 is 0 Å². The molecule has 25 heavy (non-hydrogen) atoms. The fourth-order valence-corrected chi connectivity index (χ4v) is 2.51. The second-order valence-corrected chi connectivity index (χ2v) is 5.62. The maximum atomic E-state index is 12.4. The molecule has 9 heteroatoms. The SMILES string of the molecule is CC[C@H](Nc1c([N+](=O)[O-])c(C)nn1C)C(=O)NCc1ccccc1O. The molecular weight excluding hydrogens is 326 g/mol. The number of amides is 1. The van der Waals surface area contributed by atoms with Gasteiger partial charge >= 0.3 is 5.69 Å². The highest BCUT2D eigenvalue weighted by Crippen LogP contribution is 2.28. The summed E-state index contributed by atoms with van der Waals surface area (Å²) in [6.07, 6.45) is 0.425. The van der Waals surface area contributed by atoms with E-state index in [0.29, 0.717) is 12.0 Å². The van der Waals surface area contributed by atoms with Gasteiger partial charge in [0.05, 0.1) is 4.92 Å². The number of phenols is 1. The number of carbonyl (C=O) groups excluding carboxylic acids is 1. The van der Waals surface area contributed by atoms with Crippen LogP contribution in [0.1, 0.15) is 24.6 Å². The lowest BCUT2D eigenvalue weighted by Crippen LogP contribution is -2.39. The van der Waals surface area contributed by atoms with E-state index in [2.05, 4.69) is 15.7 Å². The lowest BCUT2D eigenvalue weighted by atomic mass is 10.1. The average molecular weight is 347 g/mol. The largest absolute Gasteiger partial charge is 0.508 e. The Morgan fingerprint density at radius 3 is 2.72 bits per heavy atom. The van der Waals surface area contributed by atoms with Gasteiger partial charge in [0.25, 0.3) is 0 Å². The third kappa shape index (κ3) is 4.06. The van der Waals surface area contributed by atoms with Gasteiger partial charge in [-0.05, 0) is 19.4 Å². The molecule has 134 valence electrons. The molecule has 0 spiro atoms. The predicted molar refractivity (Wildman–Crippen MR) is 92.3 cm³/mol. The van der Waals surface area contributed by atoms with E-state index in [0.717, 1.165) is 0 Å². The van der Waals surface area contributed by atoms with Crippen LogP contribution in [0.25, 0.3) is 0 Å². The summed E-state index contributed by atoms with van der Waals surface area (Å²) in [6, 6.07) is 6.04. The first-order valence-electron chi connectivity index (χ1n) is 7.84. The van der Waals surface area contributed by atoms with Gasteiger partial charge in [0.15, 0.2) is 0 Å². The Morgan fingerprint density at radius 1 is 1.44 bits per heavy atom. The fraction of sp³-hybridized carbons (Fsp3) is 0.375. The normalized spacial score (nSPS) is 11.8.